The lowest BCUT2D eigenvalue weighted by Gasteiger charge is -2.29. The summed E-state index contributed by atoms with van der Waals surface area (Å²) >= 11 is 1.96. The summed E-state index contributed by atoms with van der Waals surface area (Å²) in [6, 6.07) is 8.49. The fourth-order valence-corrected chi connectivity index (χ4v) is 3.00. The van der Waals surface area contributed by atoms with Crippen molar-refractivity contribution >= 4 is 17.4 Å². The van der Waals surface area contributed by atoms with Gasteiger partial charge in [0, 0.05) is 10.6 Å². The van der Waals surface area contributed by atoms with Crippen molar-refractivity contribution in [3.63, 3.8) is 0 Å². The zero-order valence-corrected chi connectivity index (χ0v) is 8.55. The quantitative estimate of drug-likeness (QED) is 0.690. The summed E-state index contributed by atoms with van der Waals surface area (Å²) in [6.45, 7) is 0. The summed E-state index contributed by atoms with van der Waals surface area (Å²) < 4.78 is 0. The molecule has 0 aromatic heterocycles. The van der Waals surface area contributed by atoms with Gasteiger partial charge in [0.25, 0.3) is 0 Å². The predicted octanol–water partition coefficient (Wildman–Crippen LogP) is 3.42. The first-order chi connectivity index (χ1) is 6.93. The van der Waals surface area contributed by atoms with Gasteiger partial charge >= 0.3 is 0 Å². The first-order valence-electron chi connectivity index (χ1n) is 4.83. The Labute approximate surface area is 87.9 Å². The van der Waals surface area contributed by atoms with Crippen molar-refractivity contribution < 1.29 is 0 Å². The minimum atomic E-state index is 0.592. The number of fused-ring (bicyclic) bond motifs is 2. The van der Waals surface area contributed by atoms with Gasteiger partial charge in [-0.15, -0.1) is 11.8 Å². The number of hydrogen-bond acceptors (Lipinski definition) is 2. The smallest absolute Gasteiger partial charge is 0.0530 e. The van der Waals surface area contributed by atoms with E-state index in [9.17, 15) is 0 Å². The Morgan fingerprint density at radius 2 is 2.21 bits per heavy atom. The number of para-hydroxylation sites is 1. The molecule has 1 aromatic carbocycles. The zero-order chi connectivity index (χ0) is 9.38. The van der Waals surface area contributed by atoms with E-state index in [-0.39, 0.29) is 0 Å². The van der Waals surface area contributed by atoms with E-state index in [2.05, 4.69) is 47.8 Å². The summed E-state index contributed by atoms with van der Waals surface area (Å²) in [5.74, 6) is 0. The normalized spacial score (nSPS) is 23.1. The van der Waals surface area contributed by atoms with Gasteiger partial charge in [-0.25, -0.2) is 0 Å². The Balaban J connectivity index is 2.03. The van der Waals surface area contributed by atoms with Gasteiger partial charge in [0.15, 0.2) is 0 Å². The molecule has 1 aliphatic carbocycles. The predicted molar refractivity (Wildman–Crippen MR) is 61.5 cm³/mol. The molecule has 1 aliphatic heterocycles. The molecule has 0 amide bonds. The first-order valence-corrected chi connectivity index (χ1v) is 5.71. The summed E-state index contributed by atoms with van der Waals surface area (Å²) in [6.07, 6.45) is 7.68. The molecule has 1 aromatic rings. The van der Waals surface area contributed by atoms with Gasteiger partial charge < -0.3 is 5.32 Å². The van der Waals surface area contributed by atoms with Crippen molar-refractivity contribution in [2.24, 2.45) is 0 Å². The van der Waals surface area contributed by atoms with E-state index in [0.717, 1.165) is 6.42 Å². The lowest BCUT2D eigenvalue weighted by molar-refractivity contribution is 0.970. The number of rotatable bonds is 0. The van der Waals surface area contributed by atoms with Crippen LogP contribution in [0.2, 0.25) is 0 Å². The Morgan fingerprint density at radius 1 is 1.29 bits per heavy atom. The van der Waals surface area contributed by atoms with Crippen LogP contribution in [0.3, 0.4) is 0 Å². The number of nitrogens with one attached hydrogen (secondary N) is 1. The van der Waals surface area contributed by atoms with Crippen LogP contribution in [0.1, 0.15) is 6.42 Å². The molecule has 0 saturated heterocycles. The van der Waals surface area contributed by atoms with Crippen LogP contribution in [-0.2, 0) is 0 Å². The van der Waals surface area contributed by atoms with Crippen LogP contribution in [0.4, 0.5) is 5.69 Å². The number of hydrogen-bond donors (Lipinski definition) is 1. The van der Waals surface area contributed by atoms with E-state index < -0.39 is 0 Å². The van der Waals surface area contributed by atoms with E-state index in [0.29, 0.717) is 5.25 Å². The topological polar surface area (TPSA) is 12.0 Å². The van der Waals surface area contributed by atoms with Crippen molar-refractivity contribution in [1.29, 1.82) is 0 Å². The van der Waals surface area contributed by atoms with Crippen LogP contribution in [0.15, 0.2) is 53.1 Å². The van der Waals surface area contributed by atoms with Crippen LogP contribution < -0.4 is 5.32 Å². The van der Waals surface area contributed by atoms with Crippen molar-refractivity contribution in [1.82, 2.24) is 0 Å². The average Bonchev–Trinajstić information content (AvgIpc) is 2.26. The van der Waals surface area contributed by atoms with E-state index in [1.54, 1.807) is 0 Å². The molecule has 1 nitrogen and oxygen atoms in total. The molecule has 70 valence electrons. The lowest BCUT2D eigenvalue weighted by atomic mass is 10.1. The van der Waals surface area contributed by atoms with Crippen molar-refractivity contribution in [2.75, 3.05) is 5.32 Å². The molecular weight excluding hydrogens is 190 g/mol. The Morgan fingerprint density at radius 3 is 3.21 bits per heavy atom. The number of thioether (sulfide) groups is 1. The molecule has 1 N–H and O–H groups in total. The van der Waals surface area contributed by atoms with Crippen LogP contribution in [-0.4, -0.2) is 5.25 Å². The first kappa shape index (κ1) is 8.18. The monoisotopic (exact) mass is 201 g/mol. The molecule has 1 atom stereocenters. The third-order valence-electron chi connectivity index (χ3n) is 2.54. The number of anilines is 1. The summed E-state index contributed by atoms with van der Waals surface area (Å²) in [4.78, 5) is 1.37. The fourth-order valence-electron chi connectivity index (χ4n) is 1.82. The molecule has 0 bridgehead atoms. The lowest BCUT2D eigenvalue weighted by Crippen LogP contribution is -2.19. The van der Waals surface area contributed by atoms with Gasteiger partial charge in [-0.1, -0.05) is 24.3 Å². The minimum Gasteiger partial charge on any atom is -0.357 e. The van der Waals surface area contributed by atoms with Gasteiger partial charge in [-0.3, -0.25) is 0 Å². The molecule has 2 heteroatoms. The minimum absolute atomic E-state index is 0.592. The van der Waals surface area contributed by atoms with Crippen molar-refractivity contribution in [2.45, 2.75) is 16.6 Å². The van der Waals surface area contributed by atoms with Gasteiger partial charge in [0.1, 0.15) is 0 Å². The molecule has 0 radical (unpaired) electrons. The molecule has 1 heterocycles. The highest BCUT2D eigenvalue weighted by atomic mass is 32.2. The van der Waals surface area contributed by atoms with Crippen LogP contribution >= 0.6 is 11.8 Å². The molecule has 1 unspecified atom stereocenters. The van der Waals surface area contributed by atoms with Gasteiger partial charge in [0.05, 0.1) is 10.9 Å². The molecular formula is C12H11NS. The maximum absolute atomic E-state index is 3.49. The third kappa shape index (κ3) is 1.26. The second-order valence-corrected chi connectivity index (χ2v) is 4.76. The van der Waals surface area contributed by atoms with Gasteiger partial charge in [-0.2, -0.15) is 0 Å². The van der Waals surface area contributed by atoms with E-state index in [4.69, 9.17) is 0 Å². The summed E-state index contributed by atoms with van der Waals surface area (Å²) in [7, 11) is 0. The molecule has 3 rings (SSSR count). The highest BCUT2D eigenvalue weighted by Gasteiger charge is 2.23. The number of allylic oxidation sites excluding steroid dienone is 3. The standard InChI is InChI=1S/C12H11NS/c1-3-7-11-9(5-1)13-10-6-2-4-8-12(10)14-11/h1-7,12-13H,8H2. The maximum Gasteiger partial charge on any atom is 0.0530 e. The van der Waals surface area contributed by atoms with Gasteiger partial charge in [-0.05, 0) is 24.6 Å². The molecule has 0 spiro atoms. The second kappa shape index (κ2) is 3.21. The van der Waals surface area contributed by atoms with E-state index in [1.165, 1.54) is 16.3 Å². The summed E-state index contributed by atoms with van der Waals surface area (Å²) in [5.41, 5.74) is 2.59. The molecule has 14 heavy (non-hydrogen) atoms. The van der Waals surface area contributed by atoms with E-state index in [1.807, 2.05) is 11.8 Å². The fraction of sp³-hybridized carbons (Fsp3) is 0.167. The largest absolute Gasteiger partial charge is 0.357 e. The zero-order valence-electron chi connectivity index (χ0n) is 7.73. The molecule has 2 aliphatic rings. The van der Waals surface area contributed by atoms with Crippen LogP contribution in [0.5, 0.6) is 0 Å². The van der Waals surface area contributed by atoms with Crippen LogP contribution in [0, 0.1) is 0 Å². The highest BCUT2D eigenvalue weighted by Crippen LogP contribution is 2.41. The average molecular weight is 201 g/mol. The second-order valence-electron chi connectivity index (χ2n) is 3.51. The van der Waals surface area contributed by atoms with Crippen molar-refractivity contribution in [3.8, 4) is 0 Å². The summed E-state index contributed by atoms with van der Waals surface area (Å²) in [5, 5.41) is 4.08. The highest BCUT2D eigenvalue weighted by molar-refractivity contribution is 8.00. The molecule has 0 saturated carbocycles. The Kier molecular flexibility index (Phi) is 1.88. The Hall–Kier alpha value is -1.15. The maximum atomic E-state index is 3.49. The molecule has 0 fully saturated rings. The van der Waals surface area contributed by atoms with Crippen LogP contribution in [0.25, 0.3) is 0 Å². The third-order valence-corrected chi connectivity index (χ3v) is 3.89. The Bertz CT molecular complexity index is 420. The van der Waals surface area contributed by atoms with Gasteiger partial charge in [0.2, 0.25) is 0 Å². The van der Waals surface area contributed by atoms with E-state index >= 15 is 0 Å². The number of benzene rings is 1. The van der Waals surface area contributed by atoms with Crippen molar-refractivity contribution in [3.05, 3.63) is 48.2 Å². The SMILES string of the molecule is C1=CCC2Sc3ccccc3NC2=C1.